The van der Waals surface area contributed by atoms with Crippen molar-refractivity contribution in [1.82, 2.24) is 5.32 Å². The minimum Gasteiger partial charge on any atom is -0.480 e. The Labute approximate surface area is 123 Å². The van der Waals surface area contributed by atoms with Gasteiger partial charge in [0, 0.05) is 6.61 Å². The van der Waals surface area contributed by atoms with E-state index in [9.17, 15) is 9.90 Å². The number of rotatable bonds is 9. The summed E-state index contributed by atoms with van der Waals surface area (Å²) < 4.78 is 5.89. The zero-order valence-corrected chi connectivity index (χ0v) is 13.3. The molecule has 0 radical (unpaired) electrons. The molecule has 1 rings (SSSR count). The molecule has 4 nitrogen and oxygen atoms in total. The highest BCUT2D eigenvalue weighted by molar-refractivity contribution is 5.78. The van der Waals surface area contributed by atoms with E-state index < -0.39 is 11.5 Å². The van der Waals surface area contributed by atoms with Crippen LogP contribution in [-0.4, -0.2) is 35.9 Å². The second kappa shape index (κ2) is 8.63. The predicted molar refractivity (Wildman–Crippen MR) is 80.9 cm³/mol. The SMILES string of the molecule is CCCNC(C)(CCCOC1CCC(C)CC1)C(=O)O. The van der Waals surface area contributed by atoms with Gasteiger partial charge in [-0.2, -0.15) is 0 Å². The van der Waals surface area contributed by atoms with Crippen LogP contribution in [-0.2, 0) is 9.53 Å². The van der Waals surface area contributed by atoms with Crippen LogP contribution in [0.1, 0.15) is 65.7 Å². The van der Waals surface area contributed by atoms with Crippen LogP contribution in [0.2, 0.25) is 0 Å². The molecule has 1 aliphatic rings. The van der Waals surface area contributed by atoms with E-state index in [4.69, 9.17) is 4.74 Å². The number of ether oxygens (including phenoxy) is 1. The lowest BCUT2D eigenvalue weighted by molar-refractivity contribution is -0.144. The second-order valence-corrected chi connectivity index (χ2v) is 6.42. The third-order valence-electron chi connectivity index (χ3n) is 4.37. The van der Waals surface area contributed by atoms with E-state index >= 15 is 0 Å². The molecule has 0 amide bonds. The van der Waals surface area contributed by atoms with Crippen molar-refractivity contribution >= 4 is 5.97 Å². The summed E-state index contributed by atoms with van der Waals surface area (Å²) in [5, 5.41) is 12.5. The lowest BCUT2D eigenvalue weighted by atomic mass is 9.89. The number of carboxylic acid groups (broad SMARTS) is 1. The lowest BCUT2D eigenvalue weighted by Crippen LogP contribution is -2.49. The average molecular weight is 285 g/mol. The smallest absolute Gasteiger partial charge is 0.323 e. The fourth-order valence-corrected chi connectivity index (χ4v) is 2.74. The number of carboxylic acids is 1. The zero-order chi connectivity index (χ0) is 15.0. The van der Waals surface area contributed by atoms with Gasteiger partial charge in [0.25, 0.3) is 0 Å². The Balaban J connectivity index is 2.22. The van der Waals surface area contributed by atoms with Gasteiger partial charge >= 0.3 is 5.97 Å². The molecule has 1 unspecified atom stereocenters. The Hall–Kier alpha value is -0.610. The Morgan fingerprint density at radius 2 is 2.00 bits per heavy atom. The van der Waals surface area contributed by atoms with E-state index in [0.29, 0.717) is 19.1 Å². The molecule has 0 aromatic heterocycles. The van der Waals surface area contributed by atoms with Crippen molar-refractivity contribution in [3.05, 3.63) is 0 Å². The molecule has 0 bridgehead atoms. The first kappa shape index (κ1) is 17.4. The van der Waals surface area contributed by atoms with Crippen LogP contribution in [0.5, 0.6) is 0 Å². The van der Waals surface area contributed by atoms with Crippen LogP contribution >= 0.6 is 0 Å². The maximum Gasteiger partial charge on any atom is 0.323 e. The summed E-state index contributed by atoms with van der Waals surface area (Å²) in [6, 6.07) is 0. The number of nitrogens with one attached hydrogen (secondary N) is 1. The van der Waals surface area contributed by atoms with Crippen molar-refractivity contribution in [3.8, 4) is 0 Å². The third kappa shape index (κ3) is 5.80. The highest BCUT2D eigenvalue weighted by Gasteiger charge is 2.31. The van der Waals surface area contributed by atoms with Crippen LogP contribution in [0.25, 0.3) is 0 Å². The van der Waals surface area contributed by atoms with Crippen LogP contribution in [0, 0.1) is 5.92 Å². The van der Waals surface area contributed by atoms with Crippen molar-refractivity contribution in [2.24, 2.45) is 5.92 Å². The minimum atomic E-state index is -0.819. The van der Waals surface area contributed by atoms with Crippen molar-refractivity contribution in [1.29, 1.82) is 0 Å². The molecule has 0 aromatic rings. The van der Waals surface area contributed by atoms with Crippen molar-refractivity contribution in [2.75, 3.05) is 13.2 Å². The van der Waals surface area contributed by atoms with Gasteiger partial charge in [0.1, 0.15) is 5.54 Å². The van der Waals surface area contributed by atoms with Gasteiger partial charge in [-0.05, 0) is 64.3 Å². The molecule has 0 spiro atoms. The van der Waals surface area contributed by atoms with Crippen molar-refractivity contribution in [3.63, 3.8) is 0 Å². The largest absolute Gasteiger partial charge is 0.480 e. The number of aliphatic carboxylic acids is 1. The molecular formula is C16H31NO3. The van der Waals surface area contributed by atoms with Gasteiger partial charge in [-0.1, -0.05) is 13.8 Å². The van der Waals surface area contributed by atoms with E-state index in [1.165, 1.54) is 12.8 Å². The summed E-state index contributed by atoms with van der Waals surface area (Å²) in [7, 11) is 0. The maximum atomic E-state index is 11.4. The zero-order valence-electron chi connectivity index (χ0n) is 13.3. The molecule has 4 heteroatoms. The minimum absolute atomic E-state index is 0.394. The second-order valence-electron chi connectivity index (χ2n) is 6.42. The summed E-state index contributed by atoms with van der Waals surface area (Å²) in [6.45, 7) is 7.53. The Morgan fingerprint density at radius 1 is 1.35 bits per heavy atom. The fraction of sp³-hybridized carbons (Fsp3) is 0.938. The molecule has 1 saturated carbocycles. The van der Waals surface area contributed by atoms with E-state index in [1.54, 1.807) is 6.92 Å². The highest BCUT2D eigenvalue weighted by atomic mass is 16.5. The van der Waals surface area contributed by atoms with Crippen LogP contribution < -0.4 is 5.32 Å². The molecule has 1 atom stereocenters. The first-order valence-corrected chi connectivity index (χ1v) is 8.08. The van der Waals surface area contributed by atoms with Gasteiger partial charge in [-0.3, -0.25) is 4.79 Å². The molecule has 20 heavy (non-hydrogen) atoms. The van der Waals surface area contributed by atoms with E-state index in [2.05, 4.69) is 12.2 Å². The van der Waals surface area contributed by atoms with E-state index in [-0.39, 0.29) is 0 Å². The van der Waals surface area contributed by atoms with Gasteiger partial charge in [0.2, 0.25) is 0 Å². The van der Waals surface area contributed by atoms with E-state index in [0.717, 1.165) is 38.1 Å². The number of hydrogen-bond acceptors (Lipinski definition) is 3. The standard InChI is InChI=1S/C16H31NO3/c1-4-11-17-16(3,15(18)19)10-5-12-20-14-8-6-13(2)7-9-14/h13-14,17H,4-12H2,1-3H3,(H,18,19). The highest BCUT2D eigenvalue weighted by Crippen LogP contribution is 2.25. The summed E-state index contributed by atoms with van der Waals surface area (Å²) in [4.78, 5) is 11.4. The number of carbonyl (C=O) groups is 1. The van der Waals surface area contributed by atoms with Gasteiger partial charge in [0.15, 0.2) is 0 Å². The summed E-state index contributed by atoms with van der Waals surface area (Å²) in [5.74, 6) is 0.0702. The van der Waals surface area contributed by atoms with E-state index in [1.807, 2.05) is 6.92 Å². The van der Waals surface area contributed by atoms with Crippen LogP contribution in [0.3, 0.4) is 0 Å². The van der Waals surface area contributed by atoms with Crippen LogP contribution in [0.15, 0.2) is 0 Å². The summed E-state index contributed by atoms with van der Waals surface area (Å²) in [6.07, 6.45) is 7.59. The molecule has 1 aliphatic carbocycles. The van der Waals surface area contributed by atoms with Crippen LogP contribution in [0.4, 0.5) is 0 Å². The monoisotopic (exact) mass is 285 g/mol. The first-order valence-electron chi connectivity index (χ1n) is 8.08. The maximum absolute atomic E-state index is 11.4. The molecule has 0 aliphatic heterocycles. The molecule has 2 N–H and O–H groups in total. The average Bonchev–Trinajstić information content (AvgIpc) is 2.43. The molecule has 1 fully saturated rings. The summed E-state index contributed by atoms with van der Waals surface area (Å²) in [5.41, 5.74) is -0.819. The Kier molecular flexibility index (Phi) is 7.52. The molecule has 0 aromatic carbocycles. The topological polar surface area (TPSA) is 58.6 Å². The first-order chi connectivity index (χ1) is 9.48. The fourth-order valence-electron chi connectivity index (χ4n) is 2.74. The normalized spacial score (nSPS) is 26.1. The molecule has 0 heterocycles. The quantitative estimate of drug-likeness (QED) is 0.639. The van der Waals surface area contributed by atoms with Gasteiger partial charge < -0.3 is 15.2 Å². The Morgan fingerprint density at radius 3 is 2.55 bits per heavy atom. The van der Waals surface area contributed by atoms with Crippen molar-refractivity contribution < 1.29 is 14.6 Å². The molecular weight excluding hydrogens is 254 g/mol. The summed E-state index contributed by atoms with van der Waals surface area (Å²) >= 11 is 0. The Bertz CT molecular complexity index is 287. The number of hydrogen-bond donors (Lipinski definition) is 2. The molecule has 0 saturated heterocycles. The lowest BCUT2D eigenvalue weighted by Gasteiger charge is -2.28. The predicted octanol–water partition coefficient (Wildman–Crippen LogP) is 3.20. The van der Waals surface area contributed by atoms with Gasteiger partial charge in [-0.15, -0.1) is 0 Å². The van der Waals surface area contributed by atoms with Crippen molar-refractivity contribution in [2.45, 2.75) is 77.4 Å². The third-order valence-corrected chi connectivity index (χ3v) is 4.37. The molecule has 118 valence electrons. The van der Waals surface area contributed by atoms with Gasteiger partial charge in [-0.25, -0.2) is 0 Å². The van der Waals surface area contributed by atoms with Gasteiger partial charge in [0.05, 0.1) is 6.10 Å².